The van der Waals surface area contributed by atoms with Crippen molar-refractivity contribution in [3.05, 3.63) is 62.5 Å². The van der Waals surface area contributed by atoms with E-state index in [0.717, 1.165) is 47.5 Å². The molecule has 0 saturated heterocycles. The van der Waals surface area contributed by atoms with Gasteiger partial charge in [-0.1, -0.05) is 0 Å². The van der Waals surface area contributed by atoms with Crippen molar-refractivity contribution in [1.82, 2.24) is 24.9 Å². The van der Waals surface area contributed by atoms with Crippen molar-refractivity contribution in [2.45, 2.75) is 58.2 Å². The van der Waals surface area contributed by atoms with Crippen molar-refractivity contribution in [3.63, 3.8) is 0 Å². The monoisotopic (exact) mass is 445 g/mol. The molecule has 4 rings (SSSR count). The Morgan fingerprint density at radius 1 is 1.14 bits per heavy atom. The van der Waals surface area contributed by atoms with Gasteiger partial charge in [0.2, 0.25) is 0 Å². The lowest BCUT2D eigenvalue weighted by molar-refractivity contribution is 0.264. The fourth-order valence-corrected chi connectivity index (χ4v) is 4.21. The minimum atomic E-state index is -0.0536. The van der Waals surface area contributed by atoms with Crippen molar-refractivity contribution < 1.29 is 4.42 Å². The topological polar surface area (TPSA) is 77.9 Å². The summed E-state index contributed by atoms with van der Waals surface area (Å²) in [6.45, 7) is 4.66. The summed E-state index contributed by atoms with van der Waals surface area (Å²) >= 11 is 3.33. The van der Waals surface area contributed by atoms with Crippen molar-refractivity contribution in [2.75, 3.05) is 0 Å². The van der Waals surface area contributed by atoms with Crippen LogP contribution in [0.3, 0.4) is 0 Å². The van der Waals surface area contributed by atoms with E-state index in [2.05, 4.69) is 31.4 Å². The molecule has 1 aliphatic carbocycles. The van der Waals surface area contributed by atoms with Gasteiger partial charge in [-0.3, -0.25) is 4.79 Å². The third kappa shape index (κ3) is 4.12. The molecule has 3 heterocycles. The number of halogens is 1. The van der Waals surface area contributed by atoms with Crippen LogP contribution in [-0.4, -0.2) is 25.6 Å². The molecule has 3 aromatic heterocycles. The maximum atomic E-state index is 12.4. The van der Waals surface area contributed by atoms with Gasteiger partial charge in [0.1, 0.15) is 5.76 Å². The Balaban J connectivity index is 1.42. The van der Waals surface area contributed by atoms with Gasteiger partial charge in [0.15, 0.2) is 10.5 Å². The van der Waals surface area contributed by atoms with Crippen molar-refractivity contribution in [1.29, 1.82) is 0 Å². The smallest absolute Gasteiger partial charge is 0.267 e. The maximum absolute atomic E-state index is 12.4. The summed E-state index contributed by atoms with van der Waals surface area (Å²) in [5, 5.41) is 12.7. The molecule has 1 fully saturated rings. The molecule has 0 atom stereocenters. The van der Waals surface area contributed by atoms with Gasteiger partial charge in [0.05, 0.1) is 18.3 Å². The average molecular weight is 446 g/mol. The van der Waals surface area contributed by atoms with Gasteiger partial charge in [-0.2, -0.15) is 5.10 Å². The summed E-state index contributed by atoms with van der Waals surface area (Å²) in [6.07, 6.45) is 3.86. The Morgan fingerprint density at radius 3 is 2.57 bits per heavy atom. The Bertz CT molecular complexity index is 1010. The standard InChI is InChI=1S/C20H24BrN5O2/c1-13-11-14(2)25(23-13)19-9-10-20(27)26(24-19)16-5-3-15(4-6-16)22-12-17-7-8-18(21)28-17/h7-11,15-16,22H,3-6,12H2,1-2H3. The second-order valence-electron chi connectivity index (χ2n) is 7.41. The molecule has 28 heavy (non-hydrogen) atoms. The molecule has 0 radical (unpaired) electrons. The highest BCUT2D eigenvalue weighted by Gasteiger charge is 2.24. The molecule has 3 aromatic rings. The highest BCUT2D eigenvalue weighted by Crippen LogP contribution is 2.27. The normalized spacial score (nSPS) is 19.8. The third-order valence-electron chi connectivity index (χ3n) is 5.27. The minimum absolute atomic E-state index is 0.0536. The first-order chi connectivity index (χ1) is 13.5. The van der Waals surface area contributed by atoms with Crippen LogP contribution in [0.1, 0.15) is 48.9 Å². The van der Waals surface area contributed by atoms with Crippen molar-refractivity contribution in [2.24, 2.45) is 0 Å². The van der Waals surface area contributed by atoms with E-state index >= 15 is 0 Å². The summed E-state index contributed by atoms with van der Waals surface area (Å²) in [5.74, 6) is 1.61. The van der Waals surface area contributed by atoms with E-state index in [9.17, 15) is 4.79 Å². The number of aryl methyl sites for hydroxylation is 2. The summed E-state index contributed by atoms with van der Waals surface area (Å²) in [7, 11) is 0. The van der Waals surface area contributed by atoms with E-state index in [1.54, 1.807) is 21.5 Å². The molecule has 1 saturated carbocycles. The van der Waals surface area contributed by atoms with E-state index in [4.69, 9.17) is 4.42 Å². The lowest BCUT2D eigenvalue weighted by Crippen LogP contribution is -2.36. The number of rotatable bonds is 5. The highest BCUT2D eigenvalue weighted by molar-refractivity contribution is 9.10. The fourth-order valence-electron chi connectivity index (χ4n) is 3.87. The number of hydrogen-bond acceptors (Lipinski definition) is 5. The van der Waals surface area contributed by atoms with Crippen LogP contribution in [-0.2, 0) is 6.54 Å². The van der Waals surface area contributed by atoms with Gasteiger partial charge >= 0.3 is 0 Å². The number of furan rings is 1. The first-order valence-corrected chi connectivity index (χ1v) is 10.4. The molecule has 0 unspecified atom stereocenters. The van der Waals surface area contributed by atoms with E-state index in [0.29, 0.717) is 18.4 Å². The number of nitrogens with one attached hydrogen (secondary N) is 1. The van der Waals surface area contributed by atoms with Gasteiger partial charge < -0.3 is 9.73 Å². The number of nitrogens with zero attached hydrogens (tertiary/aromatic N) is 4. The van der Waals surface area contributed by atoms with Crippen LogP contribution in [0, 0.1) is 13.8 Å². The first kappa shape index (κ1) is 19.1. The molecule has 0 bridgehead atoms. The van der Waals surface area contributed by atoms with Crippen LogP contribution in [0.2, 0.25) is 0 Å². The second kappa shape index (κ2) is 8.05. The van der Waals surface area contributed by atoms with Crippen LogP contribution in [0.15, 0.2) is 44.2 Å². The van der Waals surface area contributed by atoms with Gasteiger partial charge in [-0.25, -0.2) is 9.36 Å². The van der Waals surface area contributed by atoms with Gasteiger partial charge in [0, 0.05) is 17.8 Å². The van der Waals surface area contributed by atoms with Crippen molar-refractivity contribution >= 4 is 15.9 Å². The molecule has 0 aliphatic heterocycles. The molecule has 8 heteroatoms. The molecular formula is C20H24BrN5O2. The molecule has 0 amide bonds. The largest absolute Gasteiger partial charge is 0.453 e. The number of hydrogen-bond donors (Lipinski definition) is 1. The van der Waals surface area contributed by atoms with Crippen LogP contribution in [0.25, 0.3) is 5.82 Å². The van der Waals surface area contributed by atoms with Crippen LogP contribution in [0.4, 0.5) is 0 Å². The summed E-state index contributed by atoms with van der Waals surface area (Å²) in [4.78, 5) is 12.4. The Morgan fingerprint density at radius 2 is 1.93 bits per heavy atom. The average Bonchev–Trinajstić information content (AvgIpc) is 3.25. The van der Waals surface area contributed by atoms with Crippen LogP contribution < -0.4 is 10.9 Å². The Labute approximate surface area is 171 Å². The van der Waals surface area contributed by atoms with Gasteiger partial charge in [-0.15, -0.1) is 5.10 Å². The molecule has 1 aliphatic rings. The fraction of sp³-hybridized carbons (Fsp3) is 0.450. The first-order valence-electron chi connectivity index (χ1n) is 9.61. The van der Waals surface area contributed by atoms with Gasteiger partial charge in [-0.05, 0) is 79.7 Å². The molecule has 0 spiro atoms. The maximum Gasteiger partial charge on any atom is 0.267 e. The predicted molar refractivity (Wildman–Crippen MR) is 110 cm³/mol. The predicted octanol–water partition coefficient (Wildman–Crippen LogP) is 3.67. The van der Waals surface area contributed by atoms with E-state index in [1.165, 1.54) is 0 Å². The number of aromatic nitrogens is 4. The summed E-state index contributed by atoms with van der Waals surface area (Å²) < 4.78 is 9.72. The summed E-state index contributed by atoms with van der Waals surface area (Å²) in [5.41, 5.74) is 1.89. The molecule has 7 nitrogen and oxygen atoms in total. The summed E-state index contributed by atoms with van der Waals surface area (Å²) in [6, 6.07) is 9.77. The quantitative estimate of drug-likeness (QED) is 0.647. The Hall–Kier alpha value is -2.19. The SMILES string of the molecule is Cc1cc(C)n(-c2ccc(=O)n(C3CCC(NCc4ccc(Br)o4)CC3)n2)n1. The lowest BCUT2D eigenvalue weighted by atomic mass is 9.91. The van der Waals surface area contributed by atoms with Crippen LogP contribution >= 0.6 is 15.9 Å². The third-order valence-corrected chi connectivity index (χ3v) is 5.70. The molecular weight excluding hydrogens is 422 g/mol. The Kier molecular flexibility index (Phi) is 5.50. The van der Waals surface area contributed by atoms with Crippen LogP contribution in [0.5, 0.6) is 0 Å². The van der Waals surface area contributed by atoms with E-state index in [1.807, 2.05) is 32.0 Å². The van der Waals surface area contributed by atoms with E-state index in [-0.39, 0.29) is 11.6 Å². The van der Waals surface area contributed by atoms with E-state index < -0.39 is 0 Å². The minimum Gasteiger partial charge on any atom is -0.453 e. The zero-order chi connectivity index (χ0) is 19.7. The second-order valence-corrected chi connectivity index (χ2v) is 8.19. The zero-order valence-electron chi connectivity index (χ0n) is 16.1. The van der Waals surface area contributed by atoms with Gasteiger partial charge in [0.25, 0.3) is 5.56 Å². The zero-order valence-corrected chi connectivity index (χ0v) is 17.6. The molecule has 1 N–H and O–H groups in total. The van der Waals surface area contributed by atoms with Crippen molar-refractivity contribution in [3.8, 4) is 5.82 Å². The highest BCUT2D eigenvalue weighted by atomic mass is 79.9. The molecule has 148 valence electrons. The molecule has 0 aromatic carbocycles. The lowest BCUT2D eigenvalue weighted by Gasteiger charge is -2.29.